The van der Waals surface area contributed by atoms with Crippen LogP contribution in [0.2, 0.25) is 0 Å². The van der Waals surface area contributed by atoms with Gasteiger partial charge in [0.2, 0.25) is 10.0 Å². The fourth-order valence-corrected chi connectivity index (χ4v) is 3.28. The molecule has 0 saturated carbocycles. The van der Waals surface area contributed by atoms with E-state index < -0.39 is 15.6 Å². The molecule has 0 radical (unpaired) electrons. The first-order valence-electron chi connectivity index (χ1n) is 6.74. The maximum atomic E-state index is 12.5. The minimum atomic E-state index is -3.64. The Kier molecular flexibility index (Phi) is 4.47. The highest BCUT2D eigenvalue weighted by Crippen LogP contribution is 2.26. The second-order valence-electron chi connectivity index (χ2n) is 5.43. The molecule has 0 fully saturated rings. The van der Waals surface area contributed by atoms with Gasteiger partial charge in [0, 0.05) is 11.6 Å². The molecule has 120 valence electrons. The summed E-state index contributed by atoms with van der Waals surface area (Å²) in [6, 6.07) is 4.54. The van der Waals surface area contributed by atoms with Crippen molar-refractivity contribution in [3.8, 4) is 11.4 Å². The molecule has 0 aliphatic rings. The Balaban J connectivity index is 2.42. The number of hydrogen-bond donors (Lipinski definition) is 1. The van der Waals surface area contributed by atoms with Gasteiger partial charge >= 0.3 is 0 Å². The summed E-state index contributed by atoms with van der Waals surface area (Å²) in [6.07, 6.45) is 2.08. The highest BCUT2D eigenvalue weighted by atomic mass is 32.2. The van der Waals surface area contributed by atoms with Crippen LogP contribution in [0.3, 0.4) is 0 Å². The van der Waals surface area contributed by atoms with Gasteiger partial charge in [-0.1, -0.05) is 6.92 Å². The average molecular weight is 325 g/mol. The van der Waals surface area contributed by atoms with Crippen molar-refractivity contribution in [1.82, 2.24) is 24.9 Å². The third-order valence-corrected chi connectivity index (χ3v) is 5.05. The molecule has 2 rings (SSSR count). The number of hydrogen-bond acceptors (Lipinski definition) is 6. The molecule has 0 amide bonds. The van der Waals surface area contributed by atoms with Gasteiger partial charge in [-0.25, -0.2) is 13.1 Å². The number of benzene rings is 1. The van der Waals surface area contributed by atoms with Gasteiger partial charge in [0.1, 0.15) is 17.8 Å². The van der Waals surface area contributed by atoms with Crippen molar-refractivity contribution in [2.75, 3.05) is 7.11 Å². The van der Waals surface area contributed by atoms with Crippen molar-refractivity contribution in [3.05, 3.63) is 24.5 Å². The monoisotopic (exact) mass is 325 g/mol. The van der Waals surface area contributed by atoms with Crippen LogP contribution in [0.15, 0.2) is 29.4 Å². The molecule has 1 heterocycles. The smallest absolute Gasteiger partial charge is 0.241 e. The largest absolute Gasteiger partial charge is 0.494 e. The third-order valence-electron chi connectivity index (χ3n) is 3.35. The number of aromatic nitrogens is 4. The summed E-state index contributed by atoms with van der Waals surface area (Å²) in [4.78, 5) is 0.127. The van der Waals surface area contributed by atoms with Crippen molar-refractivity contribution in [3.63, 3.8) is 0 Å². The van der Waals surface area contributed by atoms with E-state index in [1.165, 1.54) is 30.3 Å². The van der Waals surface area contributed by atoms with Gasteiger partial charge in [-0.15, -0.1) is 5.10 Å². The number of sulfonamides is 1. The molecule has 9 heteroatoms. The summed E-state index contributed by atoms with van der Waals surface area (Å²) in [5, 5.41) is 10.9. The second kappa shape index (κ2) is 6.01. The number of rotatable bonds is 6. The fraction of sp³-hybridized carbons (Fsp3) is 0.462. The van der Waals surface area contributed by atoms with Crippen LogP contribution in [0.25, 0.3) is 5.69 Å². The lowest BCUT2D eigenvalue weighted by atomic mass is 10.0. The Morgan fingerprint density at radius 3 is 2.64 bits per heavy atom. The predicted octanol–water partition coefficient (Wildman–Crippen LogP) is 1.14. The molecule has 0 aliphatic carbocycles. The van der Waals surface area contributed by atoms with Crippen LogP contribution >= 0.6 is 0 Å². The van der Waals surface area contributed by atoms with Crippen molar-refractivity contribution >= 4 is 10.0 Å². The van der Waals surface area contributed by atoms with Gasteiger partial charge in [-0.3, -0.25) is 0 Å². The summed E-state index contributed by atoms with van der Waals surface area (Å²) in [7, 11) is -2.18. The molecule has 1 N–H and O–H groups in total. The molecule has 2 aromatic rings. The van der Waals surface area contributed by atoms with Gasteiger partial charge in [0.15, 0.2) is 0 Å². The second-order valence-corrected chi connectivity index (χ2v) is 7.11. The van der Waals surface area contributed by atoms with E-state index >= 15 is 0 Å². The topological polar surface area (TPSA) is 99.0 Å². The molecular formula is C13H19N5O3S. The van der Waals surface area contributed by atoms with Crippen LogP contribution in [0.5, 0.6) is 5.75 Å². The molecule has 8 nitrogen and oxygen atoms in total. The number of tetrazole rings is 1. The molecule has 0 atom stereocenters. The minimum Gasteiger partial charge on any atom is -0.494 e. The summed E-state index contributed by atoms with van der Waals surface area (Å²) >= 11 is 0. The van der Waals surface area contributed by atoms with Crippen LogP contribution in [0.4, 0.5) is 0 Å². The number of nitrogens with zero attached hydrogens (tertiary/aromatic N) is 4. The van der Waals surface area contributed by atoms with Crippen LogP contribution in [0, 0.1) is 0 Å². The van der Waals surface area contributed by atoms with Crippen molar-refractivity contribution in [1.29, 1.82) is 0 Å². The summed E-state index contributed by atoms with van der Waals surface area (Å²) in [5.74, 6) is 0.365. The lowest BCUT2D eigenvalue weighted by Gasteiger charge is -2.24. The predicted molar refractivity (Wildman–Crippen MR) is 80.4 cm³/mol. The lowest BCUT2D eigenvalue weighted by molar-refractivity contribution is 0.409. The fourth-order valence-electron chi connectivity index (χ4n) is 1.78. The van der Waals surface area contributed by atoms with E-state index in [0.717, 1.165) is 0 Å². The number of ether oxygens (including phenoxy) is 1. The van der Waals surface area contributed by atoms with Gasteiger partial charge in [-0.05, 0) is 42.8 Å². The zero-order valence-corrected chi connectivity index (χ0v) is 13.8. The highest BCUT2D eigenvalue weighted by Gasteiger charge is 2.25. The van der Waals surface area contributed by atoms with Gasteiger partial charge < -0.3 is 4.74 Å². The molecular weight excluding hydrogens is 306 g/mol. The van der Waals surface area contributed by atoms with E-state index in [9.17, 15) is 8.42 Å². The van der Waals surface area contributed by atoms with Gasteiger partial charge in [0.25, 0.3) is 0 Å². The minimum absolute atomic E-state index is 0.127. The highest BCUT2D eigenvalue weighted by molar-refractivity contribution is 7.89. The van der Waals surface area contributed by atoms with Gasteiger partial charge in [0.05, 0.1) is 12.0 Å². The average Bonchev–Trinajstić information content (AvgIpc) is 2.99. The summed E-state index contributed by atoms with van der Waals surface area (Å²) in [5.41, 5.74) is 0.0294. The zero-order chi connectivity index (χ0) is 16.4. The van der Waals surface area contributed by atoms with E-state index in [1.807, 2.05) is 20.8 Å². The Morgan fingerprint density at radius 1 is 1.36 bits per heavy atom. The Bertz CT molecular complexity index is 741. The van der Waals surface area contributed by atoms with E-state index in [0.29, 0.717) is 17.9 Å². The third kappa shape index (κ3) is 3.42. The lowest BCUT2D eigenvalue weighted by Crippen LogP contribution is -2.42. The molecule has 0 bridgehead atoms. The standard InChI is InChI=1S/C13H19N5O3S/c1-5-13(2,3)15-22(19,20)10-6-7-11(12(8-10)21-4)18-9-14-16-17-18/h6-9,15H,5H2,1-4H3. The van der Waals surface area contributed by atoms with Crippen LogP contribution < -0.4 is 9.46 Å². The van der Waals surface area contributed by atoms with E-state index in [4.69, 9.17) is 4.74 Å². The van der Waals surface area contributed by atoms with Crippen molar-refractivity contribution < 1.29 is 13.2 Å². The molecule has 0 unspecified atom stereocenters. The first-order chi connectivity index (χ1) is 10.3. The first-order valence-corrected chi connectivity index (χ1v) is 8.23. The first kappa shape index (κ1) is 16.4. The summed E-state index contributed by atoms with van der Waals surface area (Å²) in [6.45, 7) is 5.58. The molecule has 1 aromatic heterocycles. The van der Waals surface area contributed by atoms with Crippen LogP contribution in [0.1, 0.15) is 27.2 Å². The molecule has 0 aliphatic heterocycles. The number of methoxy groups -OCH3 is 1. The number of nitrogens with one attached hydrogen (secondary N) is 1. The van der Waals surface area contributed by atoms with Crippen molar-refractivity contribution in [2.45, 2.75) is 37.6 Å². The Morgan fingerprint density at radius 2 is 2.09 bits per heavy atom. The molecule has 0 spiro atoms. The normalized spacial score (nSPS) is 12.4. The summed E-state index contributed by atoms with van der Waals surface area (Å²) < 4.78 is 34.2. The SMILES string of the molecule is CCC(C)(C)NS(=O)(=O)c1ccc(-n2cnnn2)c(OC)c1. The van der Waals surface area contributed by atoms with E-state index in [2.05, 4.69) is 20.2 Å². The Hall–Kier alpha value is -2.00. The van der Waals surface area contributed by atoms with E-state index in [-0.39, 0.29) is 4.90 Å². The molecule has 1 aromatic carbocycles. The quantitative estimate of drug-likeness (QED) is 0.855. The maximum absolute atomic E-state index is 12.5. The zero-order valence-electron chi connectivity index (χ0n) is 12.9. The Labute approximate surface area is 129 Å². The molecule has 22 heavy (non-hydrogen) atoms. The van der Waals surface area contributed by atoms with Crippen molar-refractivity contribution in [2.24, 2.45) is 0 Å². The van der Waals surface area contributed by atoms with Crippen LogP contribution in [-0.2, 0) is 10.0 Å². The van der Waals surface area contributed by atoms with E-state index in [1.54, 1.807) is 6.07 Å². The molecule has 0 saturated heterocycles. The van der Waals surface area contributed by atoms with Crippen LogP contribution in [-0.4, -0.2) is 41.3 Å². The maximum Gasteiger partial charge on any atom is 0.241 e. The van der Waals surface area contributed by atoms with Gasteiger partial charge in [-0.2, -0.15) is 4.68 Å².